The number of carbonyl (C=O) groups excluding carboxylic acids is 6. The summed E-state index contributed by atoms with van der Waals surface area (Å²) < 4.78 is 31.8. The molecule has 0 aliphatic carbocycles. The molecule has 0 fully saturated rings. The summed E-state index contributed by atoms with van der Waals surface area (Å²) in [7, 11) is 0. The van der Waals surface area contributed by atoms with Gasteiger partial charge < -0.3 is 33.7 Å². The van der Waals surface area contributed by atoms with Gasteiger partial charge in [0.15, 0.2) is 18.5 Å². The Morgan fingerprint density at radius 3 is 1.87 bits per heavy atom. The Morgan fingerprint density at radius 1 is 0.681 bits per heavy atom. The lowest BCUT2D eigenvalue weighted by molar-refractivity contribution is -0.170. The van der Waals surface area contributed by atoms with E-state index in [-0.39, 0.29) is 41.7 Å². The summed E-state index contributed by atoms with van der Waals surface area (Å²) in [4.78, 5) is 72.1. The molecule has 13 heteroatoms. The first-order valence-electron chi connectivity index (χ1n) is 13.7. The van der Waals surface area contributed by atoms with Crippen molar-refractivity contribution in [2.75, 3.05) is 19.8 Å². The molecule has 0 spiro atoms. The maximum absolute atomic E-state index is 13.8. The van der Waals surface area contributed by atoms with Crippen LogP contribution in [0.4, 0.5) is 0 Å². The third kappa shape index (κ3) is 12.7. The molecule has 2 aromatic carbocycles. The predicted molar refractivity (Wildman–Crippen MR) is 167 cm³/mol. The van der Waals surface area contributed by atoms with Crippen LogP contribution in [-0.2, 0) is 49.5 Å². The van der Waals surface area contributed by atoms with Gasteiger partial charge in [0.1, 0.15) is 24.7 Å². The second-order valence-electron chi connectivity index (χ2n) is 9.04. The van der Waals surface area contributed by atoms with E-state index in [4.69, 9.17) is 28.4 Å². The highest BCUT2D eigenvalue weighted by Crippen LogP contribution is 2.28. The van der Waals surface area contributed by atoms with E-state index in [1.54, 1.807) is 12.1 Å². The maximum Gasteiger partial charge on any atom is 0.333 e. The Labute approximate surface area is 270 Å². The second kappa shape index (κ2) is 19.2. The number of carbonyl (C=O) groups is 6. The molecule has 1 amide bonds. The van der Waals surface area contributed by atoms with Crippen molar-refractivity contribution >= 4 is 35.6 Å². The molecular weight excluding hydrogens is 614 g/mol. The number of benzene rings is 2. The summed E-state index contributed by atoms with van der Waals surface area (Å²) >= 11 is 0. The monoisotopic (exact) mass is 647 g/mol. The van der Waals surface area contributed by atoms with Crippen molar-refractivity contribution in [3.05, 3.63) is 122 Å². The van der Waals surface area contributed by atoms with Crippen LogP contribution >= 0.6 is 0 Å². The van der Waals surface area contributed by atoms with Crippen molar-refractivity contribution in [2.24, 2.45) is 0 Å². The van der Waals surface area contributed by atoms with E-state index < -0.39 is 55.3 Å². The van der Waals surface area contributed by atoms with Gasteiger partial charge in [-0.25, -0.2) is 19.2 Å². The zero-order valence-corrected chi connectivity index (χ0v) is 25.3. The molecule has 0 heterocycles. The van der Waals surface area contributed by atoms with Crippen molar-refractivity contribution in [1.29, 1.82) is 0 Å². The Morgan fingerprint density at radius 2 is 1.28 bits per heavy atom. The van der Waals surface area contributed by atoms with Crippen LogP contribution in [0.15, 0.2) is 106 Å². The van der Waals surface area contributed by atoms with Crippen LogP contribution in [0.2, 0.25) is 0 Å². The zero-order valence-electron chi connectivity index (χ0n) is 25.3. The first-order chi connectivity index (χ1) is 22.5. The summed E-state index contributed by atoms with van der Waals surface area (Å²) in [6, 6.07) is 10.4. The predicted octanol–water partition coefficient (Wildman–Crippen LogP) is 3.09. The highest BCUT2D eigenvalue weighted by Gasteiger charge is 2.23. The molecule has 0 saturated carbocycles. The van der Waals surface area contributed by atoms with E-state index in [1.807, 2.05) is 0 Å². The van der Waals surface area contributed by atoms with Crippen LogP contribution in [-0.4, -0.2) is 67.8 Å². The van der Waals surface area contributed by atoms with Gasteiger partial charge in [-0.1, -0.05) is 57.2 Å². The average Bonchev–Trinajstić information content (AvgIpc) is 3.10. The van der Waals surface area contributed by atoms with Gasteiger partial charge in [-0.15, -0.1) is 0 Å². The third-order valence-corrected chi connectivity index (χ3v) is 5.73. The molecule has 0 aromatic heterocycles. The van der Waals surface area contributed by atoms with Gasteiger partial charge in [0.25, 0.3) is 6.29 Å². The zero-order chi connectivity index (χ0) is 34.8. The number of ketones is 1. The molecule has 13 nitrogen and oxygen atoms in total. The molecule has 2 unspecified atom stereocenters. The minimum Gasteiger partial charge on any atom is -0.489 e. The number of rotatable bonds is 20. The summed E-state index contributed by atoms with van der Waals surface area (Å²) in [6.45, 7) is 15.6. The molecule has 47 heavy (non-hydrogen) atoms. The van der Waals surface area contributed by atoms with E-state index in [2.05, 4.69) is 38.2 Å². The van der Waals surface area contributed by atoms with Crippen molar-refractivity contribution in [3.63, 3.8) is 0 Å². The number of esters is 4. The normalized spacial score (nSPS) is 11.2. The molecular formula is C34H33NO12. The average molecular weight is 648 g/mol. The molecule has 1 N–H and O–H groups in total. The lowest BCUT2D eigenvalue weighted by atomic mass is 10.0. The molecule has 0 saturated heterocycles. The van der Waals surface area contributed by atoms with E-state index in [0.29, 0.717) is 5.56 Å². The van der Waals surface area contributed by atoms with Crippen molar-refractivity contribution in [3.8, 4) is 11.5 Å². The Kier molecular flexibility index (Phi) is 15.1. The van der Waals surface area contributed by atoms with Crippen LogP contribution in [0, 0.1) is 0 Å². The van der Waals surface area contributed by atoms with Gasteiger partial charge >= 0.3 is 23.9 Å². The molecule has 0 aliphatic heterocycles. The Hall–Kier alpha value is -6.24. The van der Waals surface area contributed by atoms with Gasteiger partial charge in [-0.2, -0.15) is 0 Å². The summed E-state index contributed by atoms with van der Waals surface area (Å²) in [6.07, 6.45) is 2.23. The Bertz CT molecular complexity index is 1530. The molecule has 0 aliphatic rings. The Balaban J connectivity index is 2.44. The highest BCUT2D eigenvalue weighted by molar-refractivity contribution is 6.11. The van der Waals surface area contributed by atoms with Gasteiger partial charge in [0.2, 0.25) is 5.91 Å². The van der Waals surface area contributed by atoms with Crippen LogP contribution in [0.1, 0.15) is 21.5 Å². The number of ether oxygens (including phenoxy) is 6. The third-order valence-electron chi connectivity index (χ3n) is 5.73. The molecule has 2 rings (SSSR count). The van der Waals surface area contributed by atoms with Crippen molar-refractivity contribution < 1.29 is 57.2 Å². The highest BCUT2D eigenvalue weighted by atomic mass is 16.7. The topological polar surface area (TPSA) is 170 Å². The largest absolute Gasteiger partial charge is 0.489 e. The standard InChI is InChI=1S/C34H33NO12/c1-6-28(36)35-18-22-11-13-23(14-12-22)34(41)26-17-24(46-33(47-32(40)10-5)21-44-30(38)8-3)15-16-27(26)42-19-25(45-31(39)9-4)20-43-29(37)7-2/h6-17,25,33H,1-5,18-21H2,(H,35,36). The molecule has 0 bridgehead atoms. The first-order valence-corrected chi connectivity index (χ1v) is 13.7. The fourth-order valence-corrected chi connectivity index (χ4v) is 3.45. The molecule has 2 aromatic rings. The van der Waals surface area contributed by atoms with Gasteiger partial charge in [0.05, 0.1) is 5.56 Å². The first kappa shape index (κ1) is 36.9. The van der Waals surface area contributed by atoms with Crippen LogP contribution in [0.25, 0.3) is 0 Å². The molecule has 0 radical (unpaired) electrons. The van der Waals surface area contributed by atoms with Crippen LogP contribution in [0.3, 0.4) is 0 Å². The SMILES string of the molecule is C=CC(=O)NCc1ccc(C(=O)c2cc(OC(COC(=O)C=C)OC(=O)C=C)ccc2OCC(COC(=O)C=C)OC(=O)C=C)cc1. The van der Waals surface area contributed by atoms with Crippen LogP contribution in [0.5, 0.6) is 11.5 Å². The van der Waals surface area contributed by atoms with Gasteiger partial charge in [-0.3, -0.25) is 9.59 Å². The smallest absolute Gasteiger partial charge is 0.333 e. The van der Waals surface area contributed by atoms with Crippen molar-refractivity contribution in [1.82, 2.24) is 5.32 Å². The maximum atomic E-state index is 13.8. The molecule has 246 valence electrons. The van der Waals surface area contributed by atoms with Gasteiger partial charge in [0, 0.05) is 36.4 Å². The minimum atomic E-state index is -1.44. The quantitative estimate of drug-likeness (QED) is 0.0734. The van der Waals surface area contributed by atoms with Gasteiger partial charge in [-0.05, 0) is 29.8 Å². The van der Waals surface area contributed by atoms with E-state index in [1.165, 1.54) is 30.3 Å². The number of hydrogen-bond donors (Lipinski definition) is 1. The van der Waals surface area contributed by atoms with E-state index >= 15 is 0 Å². The lowest BCUT2D eigenvalue weighted by Crippen LogP contribution is -2.30. The molecule has 2 atom stereocenters. The van der Waals surface area contributed by atoms with E-state index in [9.17, 15) is 28.8 Å². The number of amides is 1. The lowest BCUT2D eigenvalue weighted by Gasteiger charge is -2.21. The fourth-order valence-electron chi connectivity index (χ4n) is 3.45. The minimum absolute atomic E-state index is 0.00974. The van der Waals surface area contributed by atoms with E-state index in [0.717, 1.165) is 30.4 Å². The van der Waals surface area contributed by atoms with Crippen molar-refractivity contribution in [2.45, 2.75) is 18.9 Å². The number of hydrogen-bond acceptors (Lipinski definition) is 12. The summed E-state index contributed by atoms with van der Waals surface area (Å²) in [5.74, 6) is -4.13. The second-order valence-corrected chi connectivity index (χ2v) is 9.04. The summed E-state index contributed by atoms with van der Waals surface area (Å²) in [5.41, 5.74) is 0.881. The summed E-state index contributed by atoms with van der Waals surface area (Å²) in [5, 5.41) is 2.63. The number of nitrogens with one attached hydrogen (secondary N) is 1. The van der Waals surface area contributed by atoms with Crippen LogP contribution < -0.4 is 14.8 Å². The fraction of sp³-hybridized carbons (Fsp3) is 0.176.